The van der Waals surface area contributed by atoms with Crippen LogP contribution >= 0.6 is 0 Å². The molecular formula is C35H34N4O5. The zero-order chi connectivity index (χ0) is 31.4. The van der Waals surface area contributed by atoms with Crippen LogP contribution in [-0.4, -0.2) is 56.2 Å². The predicted molar refractivity (Wildman–Crippen MR) is 170 cm³/mol. The summed E-state index contributed by atoms with van der Waals surface area (Å²) in [5.74, 6) is -1.87. The number of rotatable bonds is 10. The van der Waals surface area contributed by atoms with E-state index >= 15 is 0 Å². The Kier molecular flexibility index (Phi) is 8.76. The lowest BCUT2D eigenvalue weighted by Crippen LogP contribution is -2.46. The minimum absolute atomic E-state index is 0.0750. The fourth-order valence-electron chi connectivity index (χ4n) is 5.18. The molecule has 1 heterocycles. The van der Waals surface area contributed by atoms with Gasteiger partial charge in [-0.25, -0.2) is 0 Å². The topological polar surface area (TPSA) is 99.3 Å². The number of Topliss-reactive ketones (excluding diaryl/α,β-unsaturated/α-hetero) is 1. The number of ether oxygens (including phenoxy) is 1. The van der Waals surface area contributed by atoms with Gasteiger partial charge in [0.25, 0.3) is 17.6 Å². The highest BCUT2D eigenvalue weighted by Crippen LogP contribution is 2.32. The van der Waals surface area contributed by atoms with Crippen molar-refractivity contribution in [1.82, 2.24) is 4.90 Å². The maximum atomic E-state index is 14.3. The van der Waals surface area contributed by atoms with Crippen molar-refractivity contribution >= 4 is 40.6 Å². The van der Waals surface area contributed by atoms with Crippen molar-refractivity contribution in [3.05, 3.63) is 119 Å². The molecule has 0 aliphatic carbocycles. The van der Waals surface area contributed by atoms with Gasteiger partial charge in [0.15, 0.2) is 0 Å². The summed E-state index contributed by atoms with van der Waals surface area (Å²) in [5.41, 5.74) is 4.51. The molecule has 3 amide bonds. The average Bonchev–Trinajstić information content (AvgIpc) is 3.26. The molecule has 0 aromatic heterocycles. The number of carbonyl (C=O) groups excluding carboxylic acids is 4. The van der Waals surface area contributed by atoms with Crippen LogP contribution in [-0.2, 0) is 20.9 Å². The molecule has 44 heavy (non-hydrogen) atoms. The third kappa shape index (κ3) is 6.32. The number of nitrogens with one attached hydrogen (secondary N) is 1. The summed E-state index contributed by atoms with van der Waals surface area (Å²) in [6.45, 7) is 1.62. The Morgan fingerprint density at radius 1 is 0.886 bits per heavy atom. The van der Waals surface area contributed by atoms with E-state index < -0.39 is 36.1 Å². The van der Waals surface area contributed by atoms with Crippen LogP contribution in [0.1, 0.15) is 33.1 Å². The summed E-state index contributed by atoms with van der Waals surface area (Å²) < 4.78 is 5.45. The molecule has 1 atom stereocenters. The van der Waals surface area contributed by atoms with E-state index in [1.165, 1.54) is 16.9 Å². The van der Waals surface area contributed by atoms with Crippen molar-refractivity contribution in [2.24, 2.45) is 0 Å². The van der Waals surface area contributed by atoms with Gasteiger partial charge >= 0.3 is 0 Å². The molecule has 9 nitrogen and oxygen atoms in total. The van der Waals surface area contributed by atoms with Gasteiger partial charge in [0.05, 0.1) is 18.4 Å². The number of hydrogen-bond donors (Lipinski definition) is 1. The summed E-state index contributed by atoms with van der Waals surface area (Å²) in [7, 11) is 5.39. The van der Waals surface area contributed by atoms with Crippen LogP contribution in [0, 0.1) is 6.92 Å². The molecule has 0 bridgehead atoms. The average molecular weight is 591 g/mol. The monoisotopic (exact) mass is 590 g/mol. The number of amides is 3. The smallest absolute Gasteiger partial charge is 0.299 e. The molecule has 4 aromatic rings. The first-order chi connectivity index (χ1) is 21.2. The molecule has 1 unspecified atom stereocenters. The van der Waals surface area contributed by atoms with Crippen LogP contribution in [0.15, 0.2) is 97.1 Å². The first kappa shape index (κ1) is 30.0. The van der Waals surface area contributed by atoms with Gasteiger partial charge in [-0.15, -0.1) is 0 Å². The van der Waals surface area contributed by atoms with Gasteiger partial charge in [-0.1, -0.05) is 54.1 Å². The van der Waals surface area contributed by atoms with Gasteiger partial charge in [-0.2, -0.15) is 0 Å². The first-order valence-corrected chi connectivity index (χ1v) is 14.2. The molecule has 224 valence electrons. The number of methoxy groups -OCH3 is 1. The van der Waals surface area contributed by atoms with Crippen molar-refractivity contribution in [2.75, 3.05) is 42.9 Å². The van der Waals surface area contributed by atoms with Crippen molar-refractivity contribution in [2.45, 2.75) is 19.5 Å². The number of hydrogen-bond acceptors (Lipinski definition) is 6. The van der Waals surface area contributed by atoms with Crippen LogP contribution in [0.3, 0.4) is 0 Å². The largest absolute Gasteiger partial charge is 0.497 e. The van der Waals surface area contributed by atoms with Crippen molar-refractivity contribution in [3.63, 3.8) is 0 Å². The molecule has 1 aliphatic heterocycles. The van der Waals surface area contributed by atoms with Gasteiger partial charge in [0.1, 0.15) is 18.3 Å². The maximum absolute atomic E-state index is 14.3. The van der Waals surface area contributed by atoms with Crippen LogP contribution in [0.5, 0.6) is 5.75 Å². The Morgan fingerprint density at radius 2 is 1.59 bits per heavy atom. The molecule has 0 saturated heterocycles. The van der Waals surface area contributed by atoms with Gasteiger partial charge in [0.2, 0.25) is 5.91 Å². The van der Waals surface area contributed by atoms with Gasteiger partial charge in [-0.3, -0.25) is 24.1 Å². The number of nitrogens with zero attached hydrogens (tertiary/aromatic N) is 3. The lowest BCUT2D eigenvalue weighted by Gasteiger charge is -2.33. The summed E-state index contributed by atoms with van der Waals surface area (Å²) in [6.07, 6.45) is 0. The summed E-state index contributed by atoms with van der Waals surface area (Å²) in [4.78, 5) is 58.7. The molecule has 5 rings (SSSR count). The predicted octanol–water partition coefficient (Wildman–Crippen LogP) is 5.01. The van der Waals surface area contributed by atoms with E-state index in [1.807, 2.05) is 62.3 Å². The number of anilines is 3. The Bertz CT molecular complexity index is 1700. The van der Waals surface area contributed by atoms with E-state index in [9.17, 15) is 19.2 Å². The molecule has 0 spiro atoms. The fraction of sp³-hybridized carbons (Fsp3) is 0.200. The first-order valence-electron chi connectivity index (χ1n) is 14.2. The Balaban J connectivity index is 1.55. The van der Waals surface area contributed by atoms with Crippen LogP contribution < -0.4 is 19.9 Å². The normalized spacial score (nSPS) is 12.9. The van der Waals surface area contributed by atoms with E-state index in [1.54, 1.807) is 60.7 Å². The number of para-hydroxylation sites is 1. The highest BCUT2D eigenvalue weighted by molar-refractivity contribution is 6.52. The number of aryl methyl sites for hydroxylation is 1. The second-order valence-corrected chi connectivity index (χ2v) is 10.9. The highest BCUT2D eigenvalue weighted by atomic mass is 16.5. The van der Waals surface area contributed by atoms with E-state index in [2.05, 4.69) is 5.32 Å². The fourth-order valence-corrected chi connectivity index (χ4v) is 5.18. The van der Waals surface area contributed by atoms with E-state index in [4.69, 9.17) is 4.74 Å². The van der Waals surface area contributed by atoms with E-state index in [0.29, 0.717) is 22.7 Å². The van der Waals surface area contributed by atoms with Crippen molar-refractivity contribution in [1.29, 1.82) is 0 Å². The number of ketones is 1. The second kappa shape index (κ2) is 12.8. The minimum atomic E-state index is -1.10. The Morgan fingerprint density at radius 3 is 2.27 bits per heavy atom. The van der Waals surface area contributed by atoms with Crippen LogP contribution in [0.2, 0.25) is 0 Å². The SMILES string of the molecule is COc1cccc(C(C(=O)Nc2ccc(N(C)C)cc2)N(Cc2ccc(C)cc2)C(=O)CN2C(=O)C(=O)c3ccccc32)c1. The molecule has 1 aliphatic rings. The molecular weight excluding hydrogens is 556 g/mol. The molecule has 9 heteroatoms. The van der Waals surface area contributed by atoms with Crippen LogP contribution in [0.25, 0.3) is 0 Å². The second-order valence-electron chi connectivity index (χ2n) is 10.9. The number of fused-ring (bicyclic) bond motifs is 1. The summed E-state index contributed by atoms with van der Waals surface area (Å²) >= 11 is 0. The molecule has 0 saturated carbocycles. The Hall–Kier alpha value is -5.44. The van der Waals surface area contributed by atoms with Gasteiger partial charge < -0.3 is 19.9 Å². The zero-order valence-corrected chi connectivity index (χ0v) is 25.1. The summed E-state index contributed by atoms with van der Waals surface area (Å²) in [5, 5.41) is 2.97. The number of carbonyl (C=O) groups is 4. The van der Waals surface area contributed by atoms with Gasteiger partial charge in [-0.05, 0) is 66.6 Å². The third-order valence-corrected chi connectivity index (χ3v) is 7.59. The Labute approximate surface area is 256 Å². The highest BCUT2D eigenvalue weighted by Gasteiger charge is 2.39. The third-order valence-electron chi connectivity index (χ3n) is 7.59. The molecule has 1 N–H and O–H groups in total. The quantitative estimate of drug-likeness (QED) is 0.261. The lowest BCUT2D eigenvalue weighted by atomic mass is 10.0. The van der Waals surface area contributed by atoms with Crippen molar-refractivity contribution in [3.8, 4) is 5.75 Å². The van der Waals surface area contributed by atoms with Crippen LogP contribution in [0.4, 0.5) is 17.1 Å². The van der Waals surface area contributed by atoms with Crippen molar-refractivity contribution < 1.29 is 23.9 Å². The number of benzene rings is 4. The maximum Gasteiger partial charge on any atom is 0.299 e. The molecule has 0 radical (unpaired) electrons. The van der Waals surface area contributed by atoms with Gasteiger partial charge in [0, 0.05) is 32.0 Å². The molecule has 4 aromatic carbocycles. The summed E-state index contributed by atoms with van der Waals surface area (Å²) in [6, 6.07) is 27.5. The van der Waals surface area contributed by atoms with E-state index in [0.717, 1.165) is 16.8 Å². The minimum Gasteiger partial charge on any atom is -0.497 e. The molecule has 0 fully saturated rings. The lowest BCUT2D eigenvalue weighted by molar-refractivity contribution is -0.139. The standard InChI is InChI=1S/C35H34N4O5/c1-23-12-14-24(15-13-23)21-39(31(40)22-38-30-11-6-5-10-29(30)33(41)35(38)43)32(25-8-7-9-28(20-25)44-4)34(42)36-26-16-18-27(19-17-26)37(2)3/h5-20,32H,21-22H2,1-4H3,(H,36,42). The zero-order valence-electron chi connectivity index (χ0n) is 25.1. The van der Waals surface area contributed by atoms with E-state index in [-0.39, 0.29) is 12.1 Å².